The Morgan fingerprint density at radius 1 is 1.00 bits per heavy atom. The monoisotopic (exact) mass is 553 g/mol. The number of likely N-dealkylation sites (tertiary alicyclic amines) is 1. The molecule has 0 aromatic carbocycles. The molecule has 3 saturated carbocycles. The molecule has 2 spiro atoms. The van der Waals surface area contributed by atoms with E-state index in [0.717, 1.165) is 19.3 Å². The molecule has 0 bridgehead atoms. The van der Waals surface area contributed by atoms with Gasteiger partial charge in [-0.1, -0.05) is 41.0 Å². The average Bonchev–Trinajstić information content (AvgIpc) is 3.54. The van der Waals surface area contributed by atoms with E-state index in [-0.39, 0.29) is 29.2 Å². The second-order valence-electron chi connectivity index (χ2n) is 13.7. The number of nitrogens with two attached hydrogens (primary N) is 2. The Labute approximate surface area is 227 Å². The van der Waals surface area contributed by atoms with Crippen molar-refractivity contribution in [1.29, 1.82) is 0 Å². The van der Waals surface area contributed by atoms with Crippen LogP contribution in [-0.4, -0.2) is 70.9 Å². The number of hydrogen-bond acceptors (Lipinski definition) is 6. The van der Waals surface area contributed by atoms with Crippen LogP contribution in [0.3, 0.4) is 0 Å². The van der Waals surface area contributed by atoms with Gasteiger partial charge in [-0.15, -0.1) is 0 Å². The number of carbonyl (C=O) groups is 5. The maximum absolute atomic E-state index is 14.2. The van der Waals surface area contributed by atoms with Crippen LogP contribution in [0.4, 0.5) is 8.78 Å². The predicted molar refractivity (Wildman–Crippen MR) is 137 cm³/mol. The van der Waals surface area contributed by atoms with Gasteiger partial charge in [0.15, 0.2) is 0 Å². The van der Waals surface area contributed by atoms with E-state index < -0.39 is 71.3 Å². The number of hydrogen-bond donors (Lipinski definition) is 4. The number of nitrogens with zero attached hydrogens (tertiary/aromatic N) is 1. The second kappa shape index (κ2) is 9.21. The van der Waals surface area contributed by atoms with E-state index >= 15 is 0 Å². The second-order valence-corrected chi connectivity index (χ2v) is 13.7. The van der Waals surface area contributed by atoms with Gasteiger partial charge in [0.05, 0.1) is 5.54 Å². The molecule has 0 radical (unpaired) electrons. The van der Waals surface area contributed by atoms with E-state index in [1.165, 1.54) is 4.90 Å². The molecule has 1 aliphatic heterocycles. The van der Waals surface area contributed by atoms with E-state index in [1.807, 2.05) is 0 Å². The average molecular weight is 554 g/mol. The molecule has 4 amide bonds. The minimum atomic E-state index is -2.97. The molecule has 4 atom stereocenters. The van der Waals surface area contributed by atoms with Crippen LogP contribution in [0.2, 0.25) is 0 Å². The van der Waals surface area contributed by atoms with Crippen LogP contribution in [0.5, 0.6) is 0 Å². The number of alkyl halides is 2. The Hall–Kier alpha value is -2.63. The summed E-state index contributed by atoms with van der Waals surface area (Å²) in [7, 11) is 0. The van der Waals surface area contributed by atoms with Crippen LogP contribution in [0.25, 0.3) is 0 Å². The summed E-state index contributed by atoms with van der Waals surface area (Å²) in [6, 6.07) is -3.88. The molecule has 10 nitrogen and oxygen atoms in total. The molecule has 3 aliphatic carbocycles. The van der Waals surface area contributed by atoms with Crippen molar-refractivity contribution in [1.82, 2.24) is 15.5 Å². The Balaban J connectivity index is 1.65. The zero-order valence-electron chi connectivity index (χ0n) is 23.4. The summed E-state index contributed by atoms with van der Waals surface area (Å²) in [5, 5.41) is 5.11. The first-order valence-electron chi connectivity index (χ1n) is 13.7. The van der Waals surface area contributed by atoms with Crippen LogP contribution in [0.1, 0.15) is 79.6 Å². The summed E-state index contributed by atoms with van der Waals surface area (Å²) in [5.74, 6) is -4.46. The Kier molecular flexibility index (Phi) is 6.93. The van der Waals surface area contributed by atoms with Gasteiger partial charge in [0, 0.05) is 18.4 Å². The smallest absolute Gasteiger partial charge is 0.287 e. The minimum absolute atomic E-state index is 0.0468. The van der Waals surface area contributed by atoms with Crippen LogP contribution in [0, 0.1) is 21.7 Å². The standard InChI is InChI=1S/C27H41F2N5O5/c1-23(2,3)18(33-22(39)25(31)9-10-25)21(38)34-13-27(24(4,5)26(27)7-6-8-26)12-15(34)20(37)32-14(11-16(28)29)17(35)19(30)36/h14-16,18H,6-13,31H2,1-5H3,(H2,30,36)(H,32,37)(H,33,39)/t14?,15-,18+,27+/m0/s1. The van der Waals surface area contributed by atoms with Crippen molar-refractivity contribution in [2.24, 2.45) is 33.1 Å². The minimum Gasteiger partial charge on any atom is -0.363 e. The number of nitrogens with one attached hydrogen (secondary N) is 2. The van der Waals surface area contributed by atoms with E-state index in [9.17, 15) is 32.8 Å². The number of ketones is 1. The molecule has 1 heterocycles. The molecule has 4 rings (SSSR count). The van der Waals surface area contributed by atoms with Crippen molar-refractivity contribution < 1.29 is 32.8 Å². The zero-order valence-corrected chi connectivity index (χ0v) is 23.4. The van der Waals surface area contributed by atoms with Crippen molar-refractivity contribution >= 4 is 29.4 Å². The lowest BCUT2D eigenvalue weighted by atomic mass is 9.73. The summed E-state index contributed by atoms with van der Waals surface area (Å²) in [6.07, 6.45) is 0.218. The molecule has 1 saturated heterocycles. The Bertz CT molecular complexity index is 1090. The highest BCUT2D eigenvalue weighted by Gasteiger charge is 2.85. The first kappa shape index (κ1) is 29.4. The lowest BCUT2D eigenvalue weighted by Gasteiger charge is -2.36. The zero-order chi connectivity index (χ0) is 29.3. The van der Waals surface area contributed by atoms with Gasteiger partial charge in [-0.2, -0.15) is 0 Å². The third-order valence-electron chi connectivity index (χ3n) is 10.3. The normalized spacial score (nSPS) is 28.9. The summed E-state index contributed by atoms with van der Waals surface area (Å²) in [5.41, 5.74) is 8.77. The number of amides is 4. The third kappa shape index (κ3) is 4.52. The highest BCUT2D eigenvalue weighted by molar-refractivity contribution is 6.37. The third-order valence-corrected chi connectivity index (χ3v) is 10.3. The van der Waals surface area contributed by atoms with Gasteiger partial charge < -0.3 is 27.0 Å². The first-order valence-corrected chi connectivity index (χ1v) is 13.7. The quantitative estimate of drug-likeness (QED) is 0.311. The van der Waals surface area contributed by atoms with Gasteiger partial charge in [-0.05, 0) is 48.3 Å². The predicted octanol–water partition coefficient (Wildman–Crippen LogP) is 1.00. The fourth-order valence-electron chi connectivity index (χ4n) is 7.36. The van der Waals surface area contributed by atoms with Gasteiger partial charge in [0.2, 0.25) is 29.9 Å². The van der Waals surface area contributed by atoms with E-state index in [4.69, 9.17) is 11.5 Å². The maximum Gasteiger partial charge on any atom is 0.287 e. The largest absolute Gasteiger partial charge is 0.363 e. The highest BCUT2D eigenvalue weighted by atomic mass is 19.3. The number of carbonyl (C=O) groups excluding carboxylic acids is 5. The lowest BCUT2D eigenvalue weighted by molar-refractivity contribution is -0.145. The molecule has 0 aromatic heterocycles. The summed E-state index contributed by atoms with van der Waals surface area (Å²) in [6.45, 7) is 9.90. The topological polar surface area (TPSA) is 165 Å². The molecule has 0 aromatic rings. The molecule has 4 aliphatic rings. The Morgan fingerprint density at radius 3 is 2.00 bits per heavy atom. The van der Waals surface area contributed by atoms with Gasteiger partial charge in [-0.3, -0.25) is 24.0 Å². The SMILES string of the molecule is CC(C)(C)[C@H](NC(=O)C1(N)CC1)C(=O)N1C[C@]2(C[C@H]1C(=O)NC(CC(F)F)C(=O)C(N)=O)C(C)(C)C21CCC1. The summed E-state index contributed by atoms with van der Waals surface area (Å²) in [4.78, 5) is 65.8. The van der Waals surface area contributed by atoms with Gasteiger partial charge in [-0.25, -0.2) is 8.78 Å². The van der Waals surface area contributed by atoms with E-state index in [2.05, 4.69) is 24.5 Å². The first-order chi connectivity index (χ1) is 17.8. The molecule has 12 heteroatoms. The Morgan fingerprint density at radius 2 is 1.59 bits per heavy atom. The highest BCUT2D eigenvalue weighted by Crippen LogP contribution is 2.88. The fraction of sp³-hybridized carbons (Fsp3) is 0.815. The molecular formula is C27H41F2N5O5. The number of halogens is 2. The summed E-state index contributed by atoms with van der Waals surface area (Å²) >= 11 is 0. The molecule has 4 fully saturated rings. The molecular weight excluding hydrogens is 512 g/mol. The molecule has 218 valence electrons. The number of fused-ring (bicyclic) bond motifs is 1. The van der Waals surface area contributed by atoms with E-state index in [0.29, 0.717) is 12.8 Å². The van der Waals surface area contributed by atoms with Crippen LogP contribution >= 0.6 is 0 Å². The fourth-order valence-corrected chi connectivity index (χ4v) is 7.36. The van der Waals surface area contributed by atoms with Crippen molar-refractivity contribution in [3.63, 3.8) is 0 Å². The molecule has 6 N–H and O–H groups in total. The van der Waals surface area contributed by atoms with Crippen LogP contribution < -0.4 is 22.1 Å². The van der Waals surface area contributed by atoms with Gasteiger partial charge >= 0.3 is 0 Å². The molecule has 1 unspecified atom stereocenters. The molecule has 39 heavy (non-hydrogen) atoms. The van der Waals surface area contributed by atoms with Gasteiger partial charge in [0.1, 0.15) is 18.1 Å². The summed E-state index contributed by atoms with van der Waals surface area (Å²) < 4.78 is 26.4. The van der Waals surface area contributed by atoms with Gasteiger partial charge in [0.25, 0.3) is 5.91 Å². The van der Waals surface area contributed by atoms with Crippen molar-refractivity contribution in [2.75, 3.05) is 6.54 Å². The van der Waals surface area contributed by atoms with Crippen LogP contribution in [-0.2, 0) is 24.0 Å². The lowest BCUT2D eigenvalue weighted by Crippen LogP contribution is -2.61. The maximum atomic E-state index is 14.2. The van der Waals surface area contributed by atoms with Crippen molar-refractivity contribution in [3.05, 3.63) is 0 Å². The number of rotatable bonds is 9. The number of primary amides is 1. The van der Waals surface area contributed by atoms with Crippen LogP contribution in [0.15, 0.2) is 0 Å². The number of Topliss-reactive ketones (excluding diaryl/α,β-unsaturated/α-hetero) is 1. The van der Waals surface area contributed by atoms with Crippen molar-refractivity contribution in [3.8, 4) is 0 Å². The van der Waals surface area contributed by atoms with Crippen molar-refractivity contribution in [2.45, 2.75) is 110 Å². The van der Waals surface area contributed by atoms with E-state index in [1.54, 1.807) is 20.8 Å².